The van der Waals surface area contributed by atoms with Crippen molar-refractivity contribution in [2.45, 2.75) is 13.5 Å². The van der Waals surface area contributed by atoms with Gasteiger partial charge in [-0.15, -0.1) is 0 Å². The fourth-order valence-electron chi connectivity index (χ4n) is 2.11. The molecule has 2 rings (SSSR count). The van der Waals surface area contributed by atoms with E-state index >= 15 is 0 Å². The minimum Gasteiger partial charge on any atom is -0.493 e. The average molecular weight is 314 g/mol. The van der Waals surface area contributed by atoms with Crippen LogP contribution in [0.25, 0.3) is 0 Å². The maximum Gasteiger partial charge on any atom is 0.315 e. The van der Waals surface area contributed by atoms with Gasteiger partial charge in [0.05, 0.1) is 13.7 Å². The summed E-state index contributed by atoms with van der Waals surface area (Å²) in [5.41, 5.74) is 2.26. The van der Waals surface area contributed by atoms with E-state index in [0.717, 1.165) is 11.1 Å². The van der Waals surface area contributed by atoms with Crippen LogP contribution in [0, 0.1) is 6.92 Å². The molecule has 2 aromatic rings. The van der Waals surface area contributed by atoms with Crippen molar-refractivity contribution in [1.29, 1.82) is 0 Å². The normalized spacial score (nSPS) is 10.0. The van der Waals surface area contributed by atoms with Crippen molar-refractivity contribution in [2.75, 3.05) is 20.3 Å². The number of methoxy groups -OCH3 is 1. The van der Waals surface area contributed by atoms with E-state index in [2.05, 4.69) is 10.6 Å². The van der Waals surface area contributed by atoms with Gasteiger partial charge >= 0.3 is 6.03 Å². The lowest BCUT2D eigenvalue weighted by Gasteiger charge is -2.12. The van der Waals surface area contributed by atoms with E-state index in [9.17, 15) is 4.79 Å². The lowest BCUT2D eigenvalue weighted by atomic mass is 10.1. The van der Waals surface area contributed by atoms with Crippen LogP contribution >= 0.6 is 0 Å². The van der Waals surface area contributed by atoms with Crippen LogP contribution in [0.4, 0.5) is 4.79 Å². The Kier molecular flexibility index (Phi) is 6.29. The van der Waals surface area contributed by atoms with Crippen molar-refractivity contribution in [1.82, 2.24) is 10.6 Å². The van der Waals surface area contributed by atoms with E-state index in [-0.39, 0.29) is 6.03 Å². The van der Waals surface area contributed by atoms with Crippen LogP contribution in [0.1, 0.15) is 11.1 Å². The number of nitrogens with one attached hydrogen (secondary N) is 2. The number of aryl methyl sites for hydroxylation is 1. The Labute approximate surface area is 136 Å². The number of ether oxygens (including phenoxy) is 2. The first kappa shape index (κ1) is 16.7. The van der Waals surface area contributed by atoms with Crippen molar-refractivity contribution in [3.63, 3.8) is 0 Å². The molecular formula is C18H22N2O3. The summed E-state index contributed by atoms with van der Waals surface area (Å²) >= 11 is 0. The minimum absolute atomic E-state index is 0.211. The van der Waals surface area contributed by atoms with E-state index < -0.39 is 0 Å². The lowest BCUT2D eigenvalue weighted by Crippen LogP contribution is -2.37. The SMILES string of the molecule is COc1ccccc1OCCNC(=O)NCc1ccccc1C. The van der Waals surface area contributed by atoms with Crippen LogP contribution in [-0.2, 0) is 6.54 Å². The molecule has 0 spiro atoms. The summed E-state index contributed by atoms with van der Waals surface area (Å²) in [6, 6.07) is 15.2. The smallest absolute Gasteiger partial charge is 0.315 e. The summed E-state index contributed by atoms with van der Waals surface area (Å²) in [7, 11) is 1.60. The van der Waals surface area contributed by atoms with Gasteiger partial charge in [0, 0.05) is 6.54 Å². The molecule has 0 unspecified atom stereocenters. The van der Waals surface area contributed by atoms with Crippen LogP contribution in [0.2, 0.25) is 0 Å². The van der Waals surface area contributed by atoms with E-state index in [0.29, 0.717) is 31.2 Å². The van der Waals surface area contributed by atoms with Gasteiger partial charge in [0.1, 0.15) is 6.61 Å². The molecule has 0 aliphatic heterocycles. The quantitative estimate of drug-likeness (QED) is 0.773. The third kappa shape index (κ3) is 5.21. The summed E-state index contributed by atoms with van der Waals surface area (Å²) in [4.78, 5) is 11.8. The lowest BCUT2D eigenvalue weighted by molar-refractivity contribution is 0.235. The molecule has 0 saturated carbocycles. The Morgan fingerprint density at radius 2 is 1.70 bits per heavy atom. The van der Waals surface area contributed by atoms with Crippen molar-refractivity contribution in [2.24, 2.45) is 0 Å². The van der Waals surface area contributed by atoms with E-state index in [1.54, 1.807) is 7.11 Å². The van der Waals surface area contributed by atoms with Crippen molar-refractivity contribution in [3.05, 3.63) is 59.7 Å². The molecule has 0 fully saturated rings. The van der Waals surface area contributed by atoms with Gasteiger partial charge < -0.3 is 20.1 Å². The first-order valence-electron chi connectivity index (χ1n) is 7.52. The number of rotatable bonds is 7. The summed E-state index contributed by atoms with van der Waals surface area (Å²) in [6.45, 7) is 3.32. The molecular weight excluding hydrogens is 292 g/mol. The molecule has 0 bridgehead atoms. The van der Waals surface area contributed by atoms with Crippen LogP contribution in [0.15, 0.2) is 48.5 Å². The second-order valence-electron chi connectivity index (χ2n) is 5.04. The zero-order valence-electron chi connectivity index (χ0n) is 13.5. The fraction of sp³-hybridized carbons (Fsp3) is 0.278. The van der Waals surface area contributed by atoms with Crippen LogP contribution in [0.3, 0.4) is 0 Å². The first-order chi connectivity index (χ1) is 11.2. The Bertz CT molecular complexity index is 644. The summed E-state index contributed by atoms with van der Waals surface area (Å²) < 4.78 is 10.8. The van der Waals surface area contributed by atoms with Gasteiger partial charge in [0.2, 0.25) is 0 Å². The number of benzene rings is 2. The third-order valence-corrected chi connectivity index (χ3v) is 3.41. The highest BCUT2D eigenvalue weighted by molar-refractivity contribution is 5.73. The van der Waals surface area contributed by atoms with Crippen LogP contribution in [0.5, 0.6) is 11.5 Å². The molecule has 0 saturated heterocycles. The average Bonchev–Trinajstić information content (AvgIpc) is 2.58. The second kappa shape index (κ2) is 8.68. The molecule has 0 atom stereocenters. The Hall–Kier alpha value is -2.69. The predicted octanol–water partition coefficient (Wildman–Crippen LogP) is 2.88. The molecule has 122 valence electrons. The van der Waals surface area contributed by atoms with E-state index in [4.69, 9.17) is 9.47 Å². The van der Waals surface area contributed by atoms with Crippen molar-refractivity contribution >= 4 is 6.03 Å². The van der Waals surface area contributed by atoms with Gasteiger partial charge in [-0.3, -0.25) is 0 Å². The highest BCUT2D eigenvalue weighted by atomic mass is 16.5. The summed E-state index contributed by atoms with van der Waals surface area (Å²) in [6.07, 6.45) is 0. The van der Waals surface area contributed by atoms with Crippen molar-refractivity contribution < 1.29 is 14.3 Å². The first-order valence-corrected chi connectivity index (χ1v) is 7.52. The van der Waals surface area contributed by atoms with Crippen LogP contribution in [-0.4, -0.2) is 26.3 Å². The van der Waals surface area contributed by atoms with Crippen molar-refractivity contribution in [3.8, 4) is 11.5 Å². The topological polar surface area (TPSA) is 59.6 Å². The van der Waals surface area contributed by atoms with E-state index in [1.165, 1.54) is 0 Å². The van der Waals surface area contributed by atoms with E-state index in [1.807, 2.05) is 55.5 Å². The molecule has 0 radical (unpaired) electrons. The number of para-hydroxylation sites is 2. The Balaban J connectivity index is 1.68. The van der Waals surface area contributed by atoms with Crippen LogP contribution < -0.4 is 20.1 Å². The largest absolute Gasteiger partial charge is 0.493 e. The van der Waals surface area contributed by atoms with Gasteiger partial charge in [-0.05, 0) is 30.2 Å². The molecule has 2 N–H and O–H groups in total. The standard InChI is InChI=1S/C18H22N2O3/c1-14-7-3-4-8-15(14)13-20-18(21)19-11-12-23-17-10-6-5-9-16(17)22-2/h3-10H,11-13H2,1-2H3,(H2,19,20,21). The summed E-state index contributed by atoms with van der Waals surface area (Å²) in [5, 5.41) is 5.59. The highest BCUT2D eigenvalue weighted by Crippen LogP contribution is 2.25. The van der Waals surface area contributed by atoms with Gasteiger partial charge in [-0.25, -0.2) is 4.79 Å². The molecule has 0 heterocycles. The van der Waals surface area contributed by atoms with Gasteiger partial charge in [-0.2, -0.15) is 0 Å². The zero-order chi connectivity index (χ0) is 16.5. The molecule has 5 heteroatoms. The molecule has 23 heavy (non-hydrogen) atoms. The monoisotopic (exact) mass is 314 g/mol. The Morgan fingerprint density at radius 1 is 1.00 bits per heavy atom. The summed E-state index contributed by atoms with van der Waals surface area (Å²) in [5.74, 6) is 1.34. The molecule has 2 amide bonds. The molecule has 0 aromatic heterocycles. The van der Waals surface area contributed by atoms with Gasteiger partial charge in [0.15, 0.2) is 11.5 Å². The molecule has 0 aliphatic rings. The fourth-order valence-corrected chi connectivity index (χ4v) is 2.11. The number of hydrogen-bond acceptors (Lipinski definition) is 3. The second-order valence-corrected chi connectivity index (χ2v) is 5.04. The van der Waals surface area contributed by atoms with Gasteiger partial charge in [-0.1, -0.05) is 36.4 Å². The number of carbonyl (C=O) groups is 1. The highest BCUT2D eigenvalue weighted by Gasteiger charge is 2.04. The number of amides is 2. The maximum atomic E-state index is 11.8. The molecule has 0 aliphatic carbocycles. The van der Waals surface area contributed by atoms with Gasteiger partial charge in [0.25, 0.3) is 0 Å². The molecule has 5 nitrogen and oxygen atoms in total. The maximum absolute atomic E-state index is 11.8. The molecule has 2 aromatic carbocycles. The number of hydrogen-bond donors (Lipinski definition) is 2. The minimum atomic E-state index is -0.211. The number of urea groups is 1. The third-order valence-electron chi connectivity index (χ3n) is 3.41. The zero-order valence-corrected chi connectivity index (χ0v) is 13.5. The predicted molar refractivity (Wildman–Crippen MR) is 89.9 cm³/mol. The Morgan fingerprint density at radius 3 is 2.43 bits per heavy atom. The number of carbonyl (C=O) groups excluding carboxylic acids is 1.